The van der Waals surface area contributed by atoms with Gasteiger partial charge in [-0.05, 0) is 102 Å². The number of hydrogen-bond acceptors (Lipinski definition) is 7. The number of hydrogen-bond donors (Lipinski definition) is 4. The molecule has 1 saturated carbocycles. The van der Waals surface area contributed by atoms with E-state index in [4.69, 9.17) is 8.97 Å². The monoisotopic (exact) mass is 737 g/mol. The van der Waals surface area contributed by atoms with E-state index in [9.17, 15) is 18.3 Å². The van der Waals surface area contributed by atoms with Crippen LogP contribution in [0.25, 0.3) is 16.7 Å². The van der Waals surface area contributed by atoms with Gasteiger partial charge in [0.05, 0.1) is 5.75 Å². The molecule has 2 aromatic carbocycles. The summed E-state index contributed by atoms with van der Waals surface area (Å²) in [5.41, 5.74) is 6.03. The summed E-state index contributed by atoms with van der Waals surface area (Å²) in [6.07, 6.45) is 19.1. The maximum absolute atomic E-state index is 12.7. The molecule has 1 fully saturated rings. The number of carbonyl (C=O) groups excluding carboxylic acids is 1. The van der Waals surface area contributed by atoms with Gasteiger partial charge in [-0.15, -0.1) is 0 Å². The number of carbonyl (C=O) groups is 1. The summed E-state index contributed by atoms with van der Waals surface area (Å²) in [6.45, 7) is 11.3. The SMILES string of the molecule is CC1(NC(O)[C@@H](Cc2ccc(C(=O)NCCS(=O)(=O)O)cc2)C2(C)C=CC(C3=CC4CCC3(C)C4(C)C)=CC2)C=CC(c2nc3ccccc3o2)=CC1. The molecular formula is C43H51N3O6S. The van der Waals surface area contributed by atoms with Crippen LogP contribution in [-0.4, -0.2) is 53.0 Å². The van der Waals surface area contributed by atoms with Crippen LogP contribution in [0.3, 0.4) is 0 Å². The summed E-state index contributed by atoms with van der Waals surface area (Å²) in [5, 5.41) is 18.3. The number of para-hydroxylation sites is 2. The standard InChI is InChI=1S/C43H51N3O6S/c1-40(2)32-18-23-43(40,5)33(27-32)29-14-19-41(3,20-15-29)34(26-28-10-12-30(13-11-28)37(47)44-24-25-53(49,50)51)38(48)46-42(4)21-16-31(17-22-42)39-45-35-8-6-7-9-36(35)52-39/h6-17,19,21,27,32,34,38,46,48H,18,20,22-26H2,1-5H3,(H,44,47)(H,49,50,51)/t32?,34-,38?,41?,42?,43?/m1/s1. The van der Waals surface area contributed by atoms with Crippen molar-refractivity contribution in [2.45, 2.75) is 78.5 Å². The summed E-state index contributed by atoms with van der Waals surface area (Å²) in [6, 6.07) is 14.9. The number of benzene rings is 2. The lowest BCUT2D eigenvalue weighted by molar-refractivity contribution is 0.00682. The molecule has 10 heteroatoms. The summed E-state index contributed by atoms with van der Waals surface area (Å²) >= 11 is 0. The fourth-order valence-corrected chi connectivity index (χ4v) is 9.27. The van der Waals surface area contributed by atoms with Crippen LogP contribution in [0.2, 0.25) is 0 Å². The van der Waals surface area contributed by atoms with E-state index < -0.39 is 33.5 Å². The van der Waals surface area contributed by atoms with E-state index in [-0.39, 0.29) is 28.7 Å². The molecular weight excluding hydrogens is 687 g/mol. The minimum Gasteiger partial charge on any atom is -0.436 e. The maximum atomic E-state index is 12.7. The molecule has 5 unspecified atom stereocenters. The number of oxazole rings is 1. The van der Waals surface area contributed by atoms with Crippen LogP contribution >= 0.6 is 0 Å². The quantitative estimate of drug-likeness (QED) is 0.110. The highest BCUT2D eigenvalue weighted by atomic mass is 32.2. The topological polar surface area (TPSA) is 142 Å². The zero-order chi connectivity index (χ0) is 37.8. The Balaban J connectivity index is 1.10. The van der Waals surface area contributed by atoms with Crippen molar-refractivity contribution < 1.29 is 27.3 Å². The third-order valence-corrected chi connectivity index (χ3v) is 13.6. The minimum atomic E-state index is -4.17. The van der Waals surface area contributed by atoms with Crippen molar-refractivity contribution in [1.82, 2.24) is 15.6 Å². The first-order valence-electron chi connectivity index (χ1n) is 18.6. The van der Waals surface area contributed by atoms with Gasteiger partial charge in [0.2, 0.25) is 5.89 Å². The Morgan fingerprint density at radius 2 is 1.70 bits per heavy atom. The van der Waals surface area contributed by atoms with Crippen molar-refractivity contribution in [3.8, 4) is 0 Å². The Morgan fingerprint density at radius 3 is 2.30 bits per heavy atom. The van der Waals surface area contributed by atoms with Gasteiger partial charge in [-0.3, -0.25) is 14.7 Å². The van der Waals surface area contributed by atoms with Gasteiger partial charge in [-0.1, -0.05) is 94.5 Å². The van der Waals surface area contributed by atoms with Crippen LogP contribution < -0.4 is 10.6 Å². The van der Waals surface area contributed by atoms with Crippen molar-refractivity contribution in [3.63, 3.8) is 0 Å². The van der Waals surface area contributed by atoms with E-state index in [1.165, 1.54) is 24.0 Å². The number of aliphatic hydroxyl groups is 1. The third kappa shape index (κ3) is 7.26. The predicted octanol–water partition coefficient (Wildman–Crippen LogP) is 7.59. The Morgan fingerprint density at radius 1 is 0.981 bits per heavy atom. The van der Waals surface area contributed by atoms with E-state index in [0.717, 1.165) is 28.7 Å². The molecule has 0 aliphatic heterocycles. The van der Waals surface area contributed by atoms with Gasteiger partial charge in [-0.2, -0.15) is 8.42 Å². The molecule has 7 rings (SSSR count). The lowest BCUT2D eigenvalue weighted by Crippen LogP contribution is -2.53. The van der Waals surface area contributed by atoms with Crippen LogP contribution in [0, 0.1) is 28.1 Å². The van der Waals surface area contributed by atoms with Gasteiger partial charge in [0.1, 0.15) is 11.7 Å². The highest BCUT2D eigenvalue weighted by Gasteiger charge is 2.57. The molecule has 4 N–H and O–H groups in total. The van der Waals surface area contributed by atoms with Crippen LogP contribution in [0.15, 0.2) is 107 Å². The summed E-state index contributed by atoms with van der Waals surface area (Å²) in [4.78, 5) is 17.3. The van der Waals surface area contributed by atoms with Crippen LogP contribution in [0.5, 0.6) is 0 Å². The molecule has 0 radical (unpaired) electrons. The number of aliphatic hydroxyl groups excluding tert-OH is 1. The summed E-state index contributed by atoms with van der Waals surface area (Å²) < 4.78 is 37.1. The first-order chi connectivity index (χ1) is 25.0. The van der Waals surface area contributed by atoms with Gasteiger partial charge in [0.15, 0.2) is 5.58 Å². The van der Waals surface area contributed by atoms with E-state index >= 15 is 0 Å². The van der Waals surface area contributed by atoms with Crippen molar-refractivity contribution in [3.05, 3.63) is 119 Å². The average molecular weight is 738 g/mol. The fourth-order valence-electron chi connectivity index (χ4n) is 8.91. The van der Waals surface area contributed by atoms with Gasteiger partial charge in [0, 0.05) is 29.1 Å². The third-order valence-electron chi connectivity index (χ3n) is 12.9. The smallest absolute Gasteiger partial charge is 0.266 e. The van der Waals surface area contributed by atoms with Crippen molar-refractivity contribution in [1.29, 1.82) is 0 Å². The van der Waals surface area contributed by atoms with Crippen LogP contribution in [0.1, 0.15) is 82.1 Å². The summed E-state index contributed by atoms with van der Waals surface area (Å²) in [7, 11) is -4.17. The molecule has 6 atom stereocenters. The molecule has 4 aliphatic carbocycles. The molecule has 0 saturated heterocycles. The molecule has 1 amide bonds. The number of amides is 1. The molecule has 280 valence electrons. The van der Waals surface area contributed by atoms with E-state index in [0.29, 0.717) is 30.2 Å². The zero-order valence-corrected chi connectivity index (χ0v) is 32.0. The van der Waals surface area contributed by atoms with Crippen LogP contribution in [-0.2, 0) is 16.5 Å². The largest absolute Gasteiger partial charge is 0.436 e. The number of aromatic nitrogens is 1. The Bertz CT molecular complexity index is 2140. The number of nitrogens with zero attached hydrogens (tertiary/aromatic N) is 1. The second-order valence-corrected chi connectivity index (χ2v) is 18.3. The maximum Gasteiger partial charge on any atom is 0.266 e. The minimum absolute atomic E-state index is 0.147. The predicted molar refractivity (Wildman–Crippen MR) is 208 cm³/mol. The molecule has 1 aromatic heterocycles. The van der Waals surface area contributed by atoms with Crippen molar-refractivity contribution >= 4 is 32.7 Å². The Hall–Kier alpha value is -4.09. The van der Waals surface area contributed by atoms with Crippen molar-refractivity contribution in [2.75, 3.05) is 12.3 Å². The van der Waals surface area contributed by atoms with Gasteiger partial charge in [-0.25, -0.2) is 4.98 Å². The normalized spacial score (nSPS) is 28.7. The Labute approximate surface area is 312 Å². The van der Waals surface area contributed by atoms with Gasteiger partial charge < -0.3 is 14.8 Å². The number of fused-ring (bicyclic) bond motifs is 3. The molecule has 3 aromatic rings. The lowest BCUT2D eigenvalue weighted by atomic mass is 9.64. The Kier molecular flexibility index (Phi) is 9.58. The molecule has 2 bridgehead atoms. The average Bonchev–Trinajstić information content (AvgIpc) is 3.70. The zero-order valence-electron chi connectivity index (χ0n) is 31.2. The highest BCUT2D eigenvalue weighted by Crippen LogP contribution is 2.66. The number of allylic oxidation sites excluding steroid dienone is 8. The highest BCUT2D eigenvalue weighted by molar-refractivity contribution is 7.85. The molecule has 0 spiro atoms. The summed E-state index contributed by atoms with van der Waals surface area (Å²) in [5.74, 6) is -0.0448. The second-order valence-electron chi connectivity index (χ2n) is 16.7. The second kappa shape index (κ2) is 13.6. The number of rotatable bonds is 12. The van der Waals surface area contributed by atoms with Crippen molar-refractivity contribution in [2.24, 2.45) is 28.1 Å². The molecule has 9 nitrogen and oxygen atoms in total. The van der Waals surface area contributed by atoms with E-state index in [2.05, 4.69) is 86.7 Å². The number of nitrogens with one attached hydrogen (secondary N) is 2. The molecule has 53 heavy (non-hydrogen) atoms. The molecule has 1 heterocycles. The van der Waals surface area contributed by atoms with Gasteiger partial charge in [0.25, 0.3) is 16.0 Å². The van der Waals surface area contributed by atoms with Crippen LogP contribution in [0.4, 0.5) is 0 Å². The molecule has 4 aliphatic rings. The van der Waals surface area contributed by atoms with E-state index in [1.807, 2.05) is 42.5 Å². The van der Waals surface area contributed by atoms with E-state index in [1.54, 1.807) is 12.1 Å². The fraction of sp³-hybridized carbons (Fsp3) is 0.442. The first kappa shape index (κ1) is 37.2. The lowest BCUT2D eigenvalue weighted by Gasteiger charge is -2.44. The van der Waals surface area contributed by atoms with Gasteiger partial charge >= 0.3 is 0 Å². The first-order valence-corrected chi connectivity index (χ1v) is 20.3.